The van der Waals surface area contributed by atoms with Crippen molar-refractivity contribution in [2.24, 2.45) is 0 Å². The Morgan fingerprint density at radius 3 is 2.58 bits per heavy atom. The van der Waals surface area contributed by atoms with Crippen molar-refractivity contribution in [3.63, 3.8) is 0 Å². The minimum atomic E-state index is -0.990. The van der Waals surface area contributed by atoms with Gasteiger partial charge in [-0.1, -0.05) is 37.0 Å². The van der Waals surface area contributed by atoms with E-state index in [4.69, 9.17) is 23.2 Å². The molecule has 2 rings (SSSR count). The van der Waals surface area contributed by atoms with Crippen LogP contribution in [0.3, 0.4) is 0 Å². The zero-order valence-electron chi connectivity index (χ0n) is 11.6. The van der Waals surface area contributed by atoms with Crippen molar-refractivity contribution in [2.75, 3.05) is 5.75 Å². The van der Waals surface area contributed by atoms with Crippen molar-refractivity contribution in [1.29, 1.82) is 0 Å². The molecule has 0 bridgehead atoms. The van der Waals surface area contributed by atoms with Crippen LogP contribution in [0.15, 0.2) is 11.0 Å². The highest BCUT2D eigenvalue weighted by Gasteiger charge is 2.33. The SMILES string of the molecule is Cc1cc(C(=O)C(Cl)Cl)c(C)c2c1SCCC2(C)C. The lowest BCUT2D eigenvalue weighted by Gasteiger charge is -2.35. The van der Waals surface area contributed by atoms with E-state index in [1.54, 1.807) is 0 Å². The molecule has 4 heteroatoms. The van der Waals surface area contributed by atoms with E-state index in [1.165, 1.54) is 10.5 Å². The minimum Gasteiger partial charge on any atom is -0.291 e. The molecule has 1 aliphatic heterocycles. The van der Waals surface area contributed by atoms with Crippen molar-refractivity contribution < 1.29 is 4.79 Å². The van der Waals surface area contributed by atoms with E-state index >= 15 is 0 Å². The molecule has 0 amide bonds. The van der Waals surface area contributed by atoms with Crippen molar-refractivity contribution >= 4 is 40.7 Å². The zero-order chi connectivity index (χ0) is 14.4. The largest absolute Gasteiger partial charge is 0.291 e. The number of thioether (sulfide) groups is 1. The van der Waals surface area contributed by atoms with E-state index < -0.39 is 4.84 Å². The summed E-state index contributed by atoms with van der Waals surface area (Å²) in [5.41, 5.74) is 4.24. The fraction of sp³-hybridized carbons (Fsp3) is 0.533. The number of halogens is 2. The number of hydrogen-bond donors (Lipinski definition) is 0. The second-order valence-electron chi connectivity index (χ2n) is 5.72. The Morgan fingerprint density at radius 2 is 2.00 bits per heavy atom. The van der Waals surface area contributed by atoms with Gasteiger partial charge in [-0.25, -0.2) is 0 Å². The van der Waals surface area contributed by atoms with E-state index in [0.29, 0.717) is 5.56 Å². The Balaban J connectivity index is 2.69. The van der Waals surface area contributed by atoms with Crippen molar-refractivity contribution in [3.05, 3.63) is 28.3 Å². The molecule has 1 aliphatic rings. The summed E-state index contributed by atoms with van der Waals surface area (Å²) in [6.07, 6.45) is 1.12. The maximum Gasteiger partial charge on any atom is 0.195 e. The Kier molecular flexibility index (Phi) is 4.25. The summed E-state index contributed by atoms with van der Waals surface area (Å²) < 4.78 is 0. The maximum absolute atomic E-state index is 12.1. The molecule has 0 aliphatic carbocycles. The first-order chi connectivity index (χ1) is 8.75. The zero-order valence-corrected chi connectivity index (χ0v) is 14.0. The van der Waals surface area contributed by atoms with E-state index in [1.807, 2.05) is 24.8 Å². The van der Waals surface area contributed by atoms with Crippen LogP contribution in [-0.4, -0.2) is 16.4 Å². The number of aryl methyl sites for hydroxylation is 1. The fourth-order valence-corrected chi connectivity index (χ4v) is 4.71. The molecule has 0 radical (unpaired) electrons. The fourth-order valence-electron chi connectivity index (χ4n) is 2.80. The van der Waals surface area contributed by atoms with Gasteiger partial charge in [0.25, 0.3) is 0 Å². The van der Waals surface area contributed by atoms with Gasteiger partial charge in [-0.15, -0.1) is 11.8 Å². The van der Waals surface area contributed by atoms with Crippen molar-refractivity contribution in [3.8, 4) is 0 Å². The number of hydrogen-bond acceptors (Lipinski definition) is 2. The molecule has 0 spiro atoms. The quantitative estimate of drug-likeness (QED) is 0.560. The lowest BCUT2D eigenvalue weighted by Crippen LogP contribution is -2.26. The monoisotopic (exact) mass is 316 g/mol. The molecule has 0 saturated carbocycles. The van der Waals surface area contributed by atoms with Crippen LogP contribution in [0.2, 0.25) is 0 Å². The number of benzene rings is 1. The summed E-state index contributed by atoms with van der Waals surface area (Å²) in [7, 11) is 0. The molecule has 104 valence electrons. The summed E-state index contributed by atoms with van der Waals surface area (Å²) in [5, 5.41) is 0. The van der Waals surface area contributed by atoms with Gasteiger partial charge in [-0.3, -0.25) is 4.79 Å². The average Bonchev–Trinajstić information content (AvgIpc) is 2.31. The second kappa shape index (κ2) is 5.31. The predicted molar refractivity (Wildman–Crippen MR) is 84.1 cm³/mol. The third-order valence-corrected chi connectivity index (χ3v) is 5.46. The Labute approximate surface area is 129 Å². The molecule has 0 N–H and O–H groups in total. The van der Waals surface area contributed by atoms with Gasteiger partial charge in [0, 0.05) is 10.5 Å². The Morgan fingerprint density at radius 1 is 1.37 bits per heavy atom. The van der Waals surface area contributed by atoms with Crippen molar-refractivity contribution in [1.82, 2.24) is 0 Å². The summed E-state index contributed by atoms with van der Waals surface area (Å²) in [6.45, 7) is 8.55. The van der Waals surface area contributed by atoms with E-state index in [2.05, 4.69) is 20.8 Å². The normalized spacial score (nSPS) is 17.4. The topological polar surface area (TPSA) is 17.1 Å². The third-order valence-electron chi connectivity index (χ3n) is 3.84. The maximum atomic E-state index is 12.1. The van der Waals surface area contributed by atoms with Crippen LogP contribution in [0.1, 0.15) is 47.3 Å². The standard InChI is InChI=1S/C15H18Cl2OS/c1-8-7-10(12(18)14(16)17)9(2)11-13(8)19-6-5-15(11,3)4/h7,14H,5-6H2,1-4H3. The van der Waals surface area contributed by atoms with Crippen LogP contribution in [0.5, 0.6) is 0 Å². The first kappa shape index (κ1) is 15.2. The van der Waals surface area contributed by atoms with Crippen LogP contribution in [0.4, 0.5) is 0 Å². The lowest BCUT2D eigenvalue weighted by atomic mass is 9.77. The predicted octanol–water partition coefficient (Wildman–Crippen LogP) is 5.06. The van der Waals surface area contributed by atoms with Gasteiger partial charge in [0.2, 0.25) is 0 Å². The van der Waals surface area contributed by atoms with Gasteiger partial charge in [-0.2, -0.15) is 0 Å². The van der Waals surface area contributed by atoms with Gasteiger partial charge >= 0.3 is 0 Å². The molecule has 1 aromatic rings. The first-order valence-corrected chi connectivity index (χ1v) is 8.21. The highest BCUT2D eigenvalue weighted by Crippen LogP contribution is 2.45. The molecule has 0 unspecified atom stereocenters. The van der Waals surface area contributed by atoms with Gasteiger partial charge in [0.15, 0.2) is 10.6 Å². The number of carbonyl (C=O) groups is 1. The molecule has 1 heterocycles. The second-order valence-corrected chi connectivity index (χ2v) is 7.92. The molecule has 1 aromatic carbocycles. The van der Waals surface area contributed by atoms with Crippen LogP contribution in [0, 0.1) is 13.8 Å². The van der Waals surface area contributed by atoms with E-state index in [9.17, 15) is 4.79 Å². The smallest absolute Gasteiger partial charge is 0.195 e. The number of Topliss-reactive ketones (excluding diaryl/α,β-unsaturated/α-hetero) is 1. The van der Waals surface area contributed by atoms with E-state index in [-0.39, 0.29) is 11.2 Å². The van der Waals surface area contributed by atoms with Gasteiger partial charge in [0.1, 0.15) is 0 Å². The van der Waals surface area contributed by atoms with Gasteiger partial charge < -0.3 is 0 Å². The highest BCUT2D eigenvalue weighted by atomic mass is 35.5. The summed E-state index contributed by atoms with van der Waals surface area (Å²) in [4.78, 5) is 12.5. The number of ketones is 1. The lowest BCUT2D eigenvalue weighted by molar-refractivity contribution is 0.101. The van der Waals surface area contributed by atoms with Gasteiger partial charge in [-0.05, 0) is 54.2 Å². The summed E-state index contributed by atoms with van der Waals surface area (Å²) in [6, 6.07) is 1.93. The number of alkyl halides is 2. The highest BCUT2D eigenvalue weighted by molar-refractivity contribution is 7.99. The number of rotatable bonds is 2. The van der Waals surface area contributed by atoms with E-state index in [0.717, 1.165) is 23.3 Å². The Bertz CT molecular complexity index is 535. The number of carbonyl (C=O) groups excluding carboxylic acids is 1. The molecular weight excluding hydrogens is 299 g/mol. The molecule has 0 atom stereocenters. The molecule has 0 aromatic heterocycles. The van der Waals surface area contributed by atoms with Gasteiger partial charge in [0.05, 0.1) is 0 Å². The van der Waals surface area contributed by atoms with Crippen LogP contribution in [0.25, 0.3) is 0 Å². The summed E-state index contributed by atoms with van der Waals surface area (Å²) in [5.74, 6) is 0.930. The molecule has 0 saturated heterocycles. The number of fused-ring (bicyclic) bond motifs is 1. The third kappa shape index (κ3) is 2.68. The molecular formula is C15H18Cl2OS. The van der Waals surface area contributed by atoms with Crippen LogP contribution < -0.4 is 0 Å². The first-order valence-electron chi connectivity index (χ1n) is 6.35. The van der Waals surface area contributed by atoms with Crippen LogP contribution in [-0.2, 0) is 5.41 Å². The minimum absolute atomic E-state index is 0.0971. The molecule has 0 fully saturated rings. The Hall–Kier alpha value is -0.180. The summed E-state index contributed by atoms with van der Waals surface area (Å²) >= 11 is 13.4. The van der Waals surface area contributed by atoms with Crippen molar-refractivity contribution in [2.45, 2.75) is 49.3 Å². The molecule has 1 nitrogen and oxygen atoms in total. The average molecular weight is 317 g/mol. The van der Waals surface area contributed by atoms with Crippen LogP contribution >= 0.6 is 35.0 Å². The molecule has 19 heavy (non-hydrogen) atoms.